The fraction of sp³-hybridized carbons (Fsp3) is 0.846. The zero-order valence-corrected chi connectivity index (χ0v) is 11.5. The molecule has 2 unspecified atom stereocenters. The maximum atomic E-state index is 11.9. The molecule has 1 fully saturated rings. The van der Waals surface area contributed by atoms with Gasteiger partial charge in [-0.1, -0.05) is 20.3 Å². The monoisotopic (exact) mass is 256 g/mol. The Morgan fingerprint density at radius 2 is 2.06 bits per heavy atom. The molecule has 0 aromatic carbocycles. The van der Waals surface area contributed by atoms with Gasteiger partial charge in [0.2, 0.25) is 0 Å². The van der Waals surface area contributed by atoms with Crippen LogP contribution in [0, 0.1) is 11.8 Å². The second-order valence-corrected chi connectivity index (χ2v) is 5.39. The van der Waals surface area contributed by atoms with Gasteiger partial charge < -0.3 is 15.3 Å². The second kappa shape index (κ2) is 6.61. The standard InChI is InChI=1S/C13H24N2O3/c1-4-9(2)8-15(3)13(18)14-11(7-12(16)17)10-5-6-10/h9-11H,4-8H2,1-3H3,(H,14,18)(H,16,17). The van der Waals surface area contributed by atoms with Gasteiger partial charge in [0.15, 0.2) is 0 Å². The van der Waals surface area contributed by atoms with Crippen LogP contribution in [0.1, 0.15) is 39.5 Å². The summed E-state index contributed by atoms with van der Waals surface area (Å²) in [6, 6.07) is -0.372. The van der Waals surface area contributed by atoms with Gasteiger partial charge in [-0.25, -0.2) is 4.79 Å². The van der Waals surface area contributed by atoms with Crippen LogP contribution >= 0.6 is 0 Å². The number of carboxylic acid groups (broad SMARTS) is 1. The lowest BCUT2D eigenvalue weighted by molar-refractivity contribution is -0.137. The first-order valence-corrected chi connectivity index (χ1v) is 6.67. The molecule has 0 heterocycles. The number of aliphatic carboxylic acids is 1. The smallest absolute Gasteiger partial charge is 0.317 e. The first-order chi connectivity index (χ1) is 8.43. The molecule has 0 aromatic heterocycles. The highest BCUT2D eigenvalue weighted by atomic mass is 16.4. The zero-order chi connectivity index (χ0) is 13.7. The van der Waals surface area contributed by atoms with Gasteiger partial charge in [0.05, 0.1) is 6.42 Å². The fourth-order valence-electron chi connectivity index (χ4n) is 1.97. The van der Waals surface area contributed by atoms with Crippen molar-refractivity contribution in [2.75, 3.05) is 13.6 Å². The largest absolute Gasteiger partial charge is 0.481 e. The lowest BCUT2D eigenvalue weighted by Crippen LogP contribution is -2.46. The lowest BCUT2D eigenvalue weighted by atomic mass is 10.1. The fourth-order valence-corrected chi connectivity index (χ4v) is 1.97. The van der Waals surface area contributed by atoms with E-state index >= 15 is 0 Å². The van der Waals surface area contributed by atoms with Crippen LogP contribution < -0.4 is 5.32 Å². The topological polar surface area (TPSA) is 69.6 Å². The first-order valence-electron chi connectivity index (χ1n) is 6.67. The lowest BCUT2D eigenvalue weighted by Gasteiger charge is -2.24. The number of carbonyl (C=O) groups excluding carboxylic acids is 1. The molecule has 5 nitrogen and oxygen atoms in total. The molecule has 104 valence electrons. The van der Waals surface area contributed by atoms with Crippen molar-refractivity contribution in [3.8, 4) is 0 Å². The number of carbonyl (C=O) groups is 2. The van der Waals surface area contributed by atoms with Crippen LogP contribution in [-0.2, 0) is 4.79 Å². The molecule has 0 aromatic rings. The number of carboxylic acids is 1. The molecule has 5 heteroatoms. The third-order valence-electron chi connectivity index (χ3n) is 3.52. The predicted octanol–water partition coefficient (Wildman–Crippen LogP) is 1.93. The van der Waals surface area contributed by atoms with E-state index in [0.29, 0.717) is 18.4 Å². The molecule has 2 atom stereocenters. The minimum atomic E-state index is -0.850. The minimum Gasteiger partial charge on any atom is -0.481 e. The predicted molar refractivity (Wildman–Crippen MR) is 69.4 cm³/mol. The number of amides is 2. The molecule has 1 aliphatic carbocycles. The summed E-state index contributed by atoms with van der Waals surface area (Å²) in [4.78, 5) is 24.3. The molecule has 1 rings (SSSR count). The molecule has 18 heavy (non-hydrogen) atoms. The summed E-state index contributed by atoms with van der Waals surface area (Å²) in [5.74, 6) is -0.0431. The molecule has 0 aliphatic heterocycles. The summed E-state index contributed by atoms with van der Waals surface area (Å²) in [7, 11) is 1.76. The Balaban J connectivity index is 2.42. The molecular weight excluding hydrogens is 232 g/mol. The van der Waals surface area contributed by atoms with Gasteiger partial charge in [-0.3, -0.25) is 4.79 Å². The van der Waals surface area contributed by atoms with Gasteiger partial charge in [0, 0.05) is 19.6 Å². The van der Waals surface area contributed by atoms with Crippen LogP contribution in [0.4, 0.5) is 4.79 Å². The number of hydrogen-bond acceptors (Lipinski definition) is 2. The zero-order valence-electron chi connectivity index (χ0n) is 11.5. The van der Waals surface area contributed by atoms with Crippen molar-refractivity contribution in [1.82, 2.24) is 10.2 Å². The summed E-state index contributed by atoms with van der Waals surface area (Å²) in [6.07, 6.45) is 3.09. The van der Waals surface area contributed by atoms with E-state index in [9.17, 15) is 9.59 Å². The van der Waals surface area contributed by atoms with Crippen molar-refractivity contribution < 1.29 is 14.7 Å². The Hall–Kier alpha value is -1.26. The van der Waals surface area contributed by atoms with E-state index in [4.69, 9.17) is 5.11 Å². The van der Waals surface area contributed by atoms with Crippen LogP contribution in [-0.4, -0.2) is 41.6 Å². The summed E-state index contributed by atoms with van der Waals surface area (Å²) in [5, 5.41) is 11.7. The first kappa shape index (κ1) is 14.8. The number of nitrogens with one attached hydrogen (secondary N) is 1. The number of nitrogens with zero attached hydrogens (tertiary/aromatic N) is 1. The number of hydrogen-bond donors (Lipinski definition) is 2. The van der Waals surface area contributed by atoms with E-state index < -0.39 is 5.97 Å². The van der Waals surface area contributed by atoms with Crippen LogP contribution in [0.25, 0.3) is 0 Å². The van der Waals surface area contributed by atoms with Gasteiger partial charge in [0.25, 0.3) is 0 Å². The van der Waals surface area contributed by atoms with Crippen molar-refractivity contribution in [2.24, 2.45) is 11.8 Å². The van der Waals surface area contributed by atoms with E-state index in [1.807, 2.05) is 0 Å². The van der Waals surface area contributed by atoms with E-state index in [-0.39, 0.29) is 18.5 Å². The quantitative estimate of drug-likeness (QED) is 0.731. The average molecular weight is 256 g/mol. The molecular formula is C13H24N2O3. The minimum absolute atomic E-state index is 0.0214. The molecule has 0 saturated heterocycles. The molecule has 1 aliphatic rings. The summed E-state index contributed by atoms with van der Waals surface area (Å²) < 4.78 is 0. The molecule has 0 radical (unpaired) electrons. The van der Waals surface area contributed by atoms with Crippen LogP contribution in [0.2, 0.25) is 0 Å². The third kappa shape index (κ3) is 4.94. The van der Waals surface area contributed by atoms with Crippen molar-refractivity contribution in [3.05, 3.63) is 0 Å². The van der Waals surface area contributed by atoms with E-state index in [1.54, 1.807) is 11.9 Å². The molecule has 0 spiro atoms. The Kier molecular flexibility index (Phi) is 5.44. The van der Waals surface area contributed by atoms with Gasteiger partial charge in [-0.15, -0.1) is 0 Å². The van der Waals surface area contributed by atoms with Crippen molar-refractivity contribution in [1.29, 1.82) is 0 Å². The Morgan fingerprint density at radius 1 is 1.44 bits per heavy atom. The van der Waals surface area contributed by atoms with Crippen molar-refractivity contribution in [2.45, 2.75) is 45.6 Å². The maximum Gasteiger partial charge on any atom is 0.317 e. The van der Waals surface area contributed by atoms with Gasteiger partial charge in [0.1, 0.15) is 0 Å². The Morgan fingerprint density at radius 3 is 2.50 bits per heavy atom. The van der Waals surface area contributed by atoms with E-state index in [2.05, 4.69) is 19.2 Å². The van der Waals surface area contributed by atoms with E-state index in [1.165, 1.54) is 0 Å². The van der Waals surface area contributed by atoms with Gasteiger partial charge in [-0.2, -0.15) is 0 Å². The Labute approximate surface area is 109 Å². The second-order valence-electron chi connectivity index (χ2n) is 5.39. The van der Waals surface area contributed by atoms with Gasteiger partial charge in [-0.05, 0) is 24.7 Å². The summed E-state index contributed by atoms with van der Waals surface area (Å²) in [5.41, 5.74) is 0. The third-order valence-corrected chi connectivity index (χ3v) is 3.52. The molecule has 2 amide bonds. The van der Waals surface area contributed by atoms with Crippen LogP contribution in [0.3, 0.4) is 0 Å². The Bertz CT molecular complexity index is 303. The van der Waals surface area contributed by atoms with E-state index in [0.717, 1.165) is 19.3 Å². The maximum absolute atomic E-state index is 11.9. The molecule has 2 N–H and O–H groups in total. The molecule has 1 saturated carbocycles. The van der Waals surface area contributed by atoms with Gasteiger partial charge >= 0.3 is 12.0 Å². The van der Waals surface area contributed by atoms with Crippen LogP contribution in [0.5, 0.6) is 0 Å². The number of rotatable bonds is 7. The highest BCUT2D eigenvalue weighted by Crippen LogP contribution is 2.34. The molecule has 0 bridgehead atoms. The SMILES string of the molecule is CCC(C)CN(C)C(=O)NC(CC(=O)O)C1CC1. The number of urea groups is 1. The van der Waals surface area contributed by atoms with Crippen LogP contribution in [0.15, 0.2) is 0 Å². The normalized spacial score (nSPS) is 17.9. The van der Waals surface area contributed by atoms with Crippen molar-refractivity contribution in [3.63, 3.8) is 0 Å². The summed E-state index contributed by atoms with van der Waals surface area (Å²) >= 11 is 0. The highest BCUT2D eigenvalue weighted by molar-refractivity contribution is 5.75. The average Bonchev–Trinajstić information content (AvgIpc) is 3.10. The van der Waals surface area contributed by atoms with Crippen molar-refractivity contribution >= 4 is 12.0 Å². The summed E-state index contributed by atoms with van der Waals surface area (Å²) in [6.45, 7) is 4.89. The highest BCUT2D eigenvalue weighted by Gasteiger charge is 2.34.